The lowest BCUT2D eigenvalue weighted by molar-refractivity contribution is -0.384. The third kappa shape index (κ3) is 2.76. The second kappa shape index (κ2) is 7.97. The Morgan fingerprint density at radius 1 is 1.05 bits per heavy atom. The van der Waals surface area contributed by atoms with Gasteiger partial charge in [-0.25, -0.2) is 0 Å². The number of anilines is 2. The van der Waals surface area contributed by atoms with Gasteiger partial charge < -0.3 is 10.6 Å². The van der Waals surface area contributed by atoms with Gasteiger partial charge >= 0.3 is 0 Å². The van der Waals surface area contributed by atoms with Gasteiger partial charge in [-0.3, -0.25) is 29.4 Å². The molecular weight excluding hydrogens is 520 g/mol. The first-order valence-corrected chi connectivity index (χ1v) is 13.2. The lowest BCUT2D eigenvalue weighted by Crippen LogP contribution is -2.55. The SMILES string of the molecule is Cc1c(Cl)ccc2c1NC(=O)[C@@]21[C@@H](C(=O)c2cccc([N+](=O)[O-])c2)[C@]2(C(=O)Nc3ccccc32)[C@H]2CCCN21. The molecule has 4 atom stereocenters. The Bertz CT molecular complexity index is 1660. The van der Waals surface area contributed by atoms with E-state index in [4.69, 9.17) is 11.6 Å². The Kier molecular flexibility index (Phi) is 4.90. The number of ketones is 1. The van der Waals surface area contributed by atoms with Crippen molar-refractivity contribution in [2.75, 3.05) is 17.2 Å². The Labute approximate surface area is 228 Å². The molecule has 0 radical (unpaired) electrons. The zero-order valence-electron chi connectivity index (χ0n) is 20.9. The van der Waals surface area contributed by atoms with Gasteiger partial charge in [0.25, 0.3) is 5.69 Å². The molecule has 3 aromatic carbocycles. The third-order valence-corrected chi connectivity index (χ3v) is 9.51. The molecule has 2 spiro atoms. The first-order chi connectivity index (χ1) is 18.7. The first-order valence-electron chi connectivity index (χ1n) is 12.8. The van der Waals surface area contributed by atoms with Crippen molar-refractivity contribution < 1.29 is 19.3 Å². The van der Waals surface area contributed by atoms with Crippen LogP contribution in [0.25, 0.3) is 0 Å². The van der Waals surface area contributed by atoms with E-state index in [1.54, 1.807) is 18.2 Å². The van der Waals surface area contributed by atoms with Gasteiger partial charge in [0.05, 0.1) is 16.5 Å². The number of nitro benzene ring substituents is 1. The summed E-state index contributed by atoms with van der Waals surface area (Å²) < 4.78 is 0. The number of nitrogens with one attached hydrogen (secondary N) is 2. The number of amides is 2. The van der Waals surface area contributed by atoms with E-state index in [-0.39, 0.29) is 17.2 Å². The maximum absolute atomic E-state index is 14.8. The van der Waals surface area contributed by atoms with Crippen molar-refractivity contribution in [1.82, 2.24) is 4.90 Å². The highest BCUT2D eigenvalue weighted by molar-refractivity contribution is 6.32. The lowest BCUT2D eigenvalue weighted by atomic mass is 9.60. The summed E-state index contributed by atoms with van der Waals surface area (Å²) in [6, 6.07) is 15.8. The minimum atomic E-state index is -1.51. The van der Waals surface area contributed by atoms with Crippen molar-refractivity contribution >= 4 is 46.3 Å². The third-order valence-electron chi connectivity index (χ3n) is 9.10. The molecule has 196 valence electrons. The molecule has 0 aliphatic carbocycles. The lowest BCUT2D eigenvalue weighted by Gasteiger charge is -2.38. The summed E-state index contributed by atoms with van der Waals surface area (Å²) in [5, 5.41) is 18.1. The molecule has 0 aromatic heterocycles. The van der Waals surface area contributed by atoms with Crippen LogP contribution < -0.4 is 10.6 Å². The number of benzene rings is 3. The number of hydrogen-bond acceptors (Lipinski definition) is 6. The molecule has 9 nitrogen and oxygen atoms in total. The second-order valence-electron chi connectivity index (χ2n) is 10.6. The van der Waals surface area contributed by atoms with Gasteiger partial charge in [-0.15, -0.1) is 0 Å². The highest BCUT2D eigenvalue weighted by atomic mass is 35.5. The molecule has 3 aromatic rings. The molecule has 2 amide bonds. The molecule has 4 heterocycles. The summed E-state index contributed by atoms with van der Waals surface area (Å²) in [7, 11) is 0. The van der Waals surface area contributed by atoms with Crippen molar-refractivity contribution in [3.05, 3.63) is 98.1 Å². The van der Waals surface area contributed by atoms with Gasteiger partial charge in [0.2, 0.25) is 11.8 Å². The number of non-ortho nitro benzene ring substituents is 1. The summed E-state index contributed by atoms with van der Waals surface area (Å²) in [5.41, 5.74) is 0.0279. The van der Waals surface area contributed by atoms with E-state index >= 15 is 0 Å². The van der Waals surface area contributed by atoms with Crippen molar-refractivity contribution in [2.24, 2.45) is 5.92 Å². The van der Waals surface area contributed by atoms with Crippen LogP contribution in [-0.2, 0) is 20.5 Å². The van der Waals surface area contributed by atoms with E-state index in [0.29, 0.717) is 46.1 Å². The van der Waals surface area contributed by atoms with Crippen molar-refractivity contribution in [2.45, 2.75) is 36.8 Å². The van der Waals surface area contributed by atoms with Crippen LogP contribution in [-0.4, -0.2) is 40.0 Å². The number of hydrogen-bond donors (Lipinski definition) is 2. The highest BCUT2D eigenvalue weighted by Gasteiger charge is 2.78. The maximum Gasteiger partial charge on any atom is 0.270 e. The Hall–Kier alpha value is -4.08. The molecule has 0 saturated carbocycles. The van der Waals surface area contributed by atoms with Crippen LogP contribution in [0.5, 0.6) is 0 Å². The molecule has 0 unspecified atom stereocenters. The quantitative estimate of drug-likeness (QED) is 0.284. The fourth-order valence-corrected chi connectivity index (χ4v) is 7.83. The summed E-state index contributed by atoms with van der Waals surface area (Å²) in [6.07, 6.45) is 1.36. The van der Waals surface area contributed by atoms with Crippen LogP contribution in [0.1, 0.15) is 39.9 Å². The number of carbonyl (C=O) groups is 3. The van der Waals surface area contributed by atoms with E-state index in [0.717, 1.165) is 6.42 Å². The number of fused-ring (bicyclic) bond motifs is 7. The van der Waals surface area contributed by atoms with Crippen LogP contribution in [0.3, 0.4) is 0 Å². The Morgan fingerprint density at radius 3 is 2.64 bits per heavy atom. The van der Waals surface area contributed by atoms with E-state index < -0.39 is 39.5 Å². The van der Waals surface area contributed by atoms with Gasteiger partial charge in [-0.1, -0.05) is 48.0 Å². The molecule has 4 aliphatic rings. The van der Waals surface area contributed by atoms with Crippen molar-refractivity contribution in [3.63, 3.8) is 0 Å². The number of nitro groups is 1. The summed E-state index contributed by atoms with van der Waals surface area (Å²) in [4.78, 5) is 56.5. The number of carbonyl (C=O) groups excluding carboxylic acids is 3. The van der Waals surface area contributed by atoms with Crippen LogP contribution in [0.15, 0.2) is 60.7 Å². The predicted molar refractivity (Wildman–Crippen MR) is 144 cm³/mol. The highest BCUT2D eigenvalue weighted by Crippen LogP contribution is 2.66. The van der Waals surface area contributed by atoms with Crippen LogP contribution in [0.4, 0.5) is 17.1 Å². The van der Waals surface area contributed by atoms with Gasteiger partial charge in [-0.05, 0) is 49.6 Å². The topological polar surface area (TPSA) is 122 Å². The van der Waals surface area contributed by atoms with Gasteiger partial charge in [0.1, 0.15) is 11.0 Å². The number of para-hydroxylation sites is 1. The minimum absolute atomic E-state index is 0.0817. The number of halogens is 1. The summed E-state index contributed by atoms with van der Waals surface area (Å²) in [5.74, 6) is -2.42. The minimum Gasteiger partial charge on any atom is -0.325 e. The zero-order valence-corrected chi connectivity index (χ0v) is 21.6. The first kappa shape index (κ1) is 24.0. The Morgan fingerprint density at radius 2 is 1.85 bits per heavy atom. The summed E-state index contributed by atoms with van der Waals surface area (Å²) in [6.45, 7) is 2.32. The fourth-order valence-electron chi connectivity index (χ4n) is 7.67. The molecule has 10 heteroatoms. The average Bonchev–Trinajstić information content (AvgIpc) is 3.65. The van der Waals surface area contributed by atoms with Gasteiger partial charge in [-0.2, -0.15) is 0 Å². The Balaban J connectivity index is 1.58. The van der Waals surface area contributed by atoms with Crippen LogP contribution in [0.2, 0.25) is 5.02 Å². The molecule has 2 fully saturated rings. The van der Waals surface area contributed by atoms with E-state index in [2.05, 4.69) is 10.6 Å². The monoisotopic (exact) mass is 542 g/mol. The van der Waals surface area contributed by atoms with E-state index in [9.17, 15) is 24.5 Å². The van der Waals surface area contributed by atoms with E-state index in [1.807, 2.05) is 30.0 Å². The average molecular weight is 543 g/mol. The van der Waals surface area contributed by atoms with Crippen molar-refractivity contribution in [3.8, 4) is 0 Å². The predicted octanol–water partition coefficient (Wildman–Crippen LogP) is 4.57. The normalized spacial score (nSPS) is 28.4. The molecule has 7 rings (SSSR count). The zero-order chi connectivity index (χ0) is 27.3. The molecular formula is C29H23ClN4O5. The molecule has 2 N–H and O–H groups in total. The smallest absolute Gasteiger partial charge is 0.270 e. The number of rotatable bonds is 3. The van der Waals surface area contributed by atoms with Crippen molar-refractivity contribution in [1.29, 1.82) is 0 Å². The number of Topliss-reactive ketones (excluding diaryl/α,β-unsaturated/α-hetero) is 1. The summed E-state index contributed by atoms with van der Waals surface area (Å²) >= 11 is 6.44. The van der Waals surface area contributed by atoms with Crippen LogP contribution >= 0.6 is 11.6 Å². The number of nitrogens with zero attached hydrogens (tertiary/aromatic N) is 2. The largest absolute Gasteiger partial charge is 0.325 e. The van der Waals surface area contributed by atoms with Gasteiger partial charge in [0.15, 0.2) is 5.78 Å². The second-order valence-corrected chi connectivity index (χ2v) is 11.0. The molecule has 4 aliphatic heterocycles. The molecule has 0 bridgehead atoms. The molecule has 2 saturated heterocycles. The van der Waals surface area contributed by atoms with Gasteiger partial charge in [0, 0.05) is 40.0 Å². The van der Waals surface area contributed by atoms with Crippen LogP contribution in [0, 0.1) is 23.0 Å². The van der Waals surface area contributed by atoms with E-state index in [1.165, 1.54) is 24.3 Å². The standard InChI is InChI=1S/C29H23ClN4O5/c1-15-20(30)12-11-19-23(15)32-27(37)29(19)25(24(35)16-6-4-7-17(14-16)34(38)39)28(22-10-5-13-33(22)29)18-8-2-3-9-21(18)31-26(28)36/h2-4,6-9,11-12,14,22,25H,5,10,13H2,1H3,(H,31,36)(H,32,37)/t22-,25+,28-,29+/m1/s1. The maximum atomic E-state index is 14.8. The molecule has 39 heavy (non-hydrogen) atoms. The fraction of sp³-hybridized carbons (Fsp3) is 0.276.